The van der Waals surface area contributed by atoms with Crippen molar-refractivity contribution in [2.24, 2.45) is 5.92 Å². The molecule has 2 unspecified atom stereocenters. The summed E-state index contributed by atoms with van der Waals surface area (Å²) >= 11 is 0. The van der Waals surface area contributed by atoms with Crippen molar-refractivity contribution in [1.29, 1.82) is 0 Å². The molecule has 2 atom stereocenters. The van der Waals surface area contributed by atoms with Crippen molar-refractivity contribution in [2.75, 3.05) is 19.8 Å². The molecule has 2 aliphatic carbocycles. The summed E-state index contributed by atoms with van der Waals surface area (Å²) in [5.74, 6) is 0.631. The minimum absolute atomic E-state index is 0.101. The van der Waals surface area contributed by atoms with Crippen LogP contribution in [0.3, 0.4) is 0 Å². The molecule has 0 aliphatic heterocycles. The third-order valence-electron chi connectivity index (χ3n) is 4.94. The van der Waals surface area contributed by atoms with Crippen molar-refractivity contribution in [3.8, 4) is 0 Å². The van der Waals surface area contributed by atoms with Gasteiger partial charge in [0.1, 0.15) is 5.54 Å². The van der Waals surface area contributed by atoms with Gasteiger partial charge in [-0.2, -0.15) is 0 Å². The molecular formula is C17H31NO3. The molecule has 21 heavy (non-hydrogen) atoms. The molecule has 0 amide bonds. The minimum Gasteiger partial charge on any atom is -0.465 e. The van der Waals surface area contributed by atoms with Gasteiger partial charge in [-0.25, -0.2) is 0 Å². The van der Waals surface area contributed by atoms with Gasteiger partial charge in [0.25, 0.3) is 0 Å². The van der Waals surface area contributed by atoms with Crippen LogP contribution in [0.4, 0.5) is 0 Å². The van der Waals surface area contributed by atoms with Crippen molar-refractivity contribution in [3.63, 3.8) is 0 Å². The maximum absolute atomic E-state index is 12.3. The van der Waals surface area contributed by atoms with Crippen LogP contribution in [-0.2, 0) is 14.3 Å². The number of hydrogen-bond acceptors (Lipinski definition) is 4. The summed E-state index contributed by atoms with van der Waals surface area (Å²) in [6.07, 6.45) is 9.44. The molecule has 2 fully saturated rings. The van der Waals surface area contributed by atoms with E-state index in [1.54, 1.807) is 0 Å². The number of likely N-dealkylation sites (N-methyl/N-ethyl adjacent to an activating group) is 1. The van der Waals surface area contributed by atoms with Crippen LogP contribution in [0.1, 0.15) is 65.2 Å². The van der Waals surface area contributed by atoms with Crippen LogP contribution in [-0.4, -0.2) is 37.4 Å². The zero-order chi connectivity index (χ0) is 15.1. The Bertz CT molecular complexity index is 328. The normalized spacial score (nSPS) is 30.5. The van der Waals surface area contributed by atoms with E-state index >= 15 is 0 Å². The first-order valence-electron chi connectivity index (χ1n) is 8.74. The third-order valence-corrected chi connectivity index (χ3v) is 4.94. The van der Waals surface area contributed by atoms with Crippen LogP contribution in [0.5, 0.6) is 0 Å². The number of hydrogen-bond donors (Lipinski definition) is 1. The Morgan fingerprint density at radius 2 is 1.95 bits per heavy atom. The summed E-state index contributed by atoms with van der Waals surface area (Å²) in [5, 5.41) is 3.36. The molecule has 0 aromatic heterocycles. The number of carbonyl (C=O) groups is 1. The highest BCUT2D eigenvalue weighted by Gasteiger charge is 2.46. The molecule has 0 aromatic rings. The van der Waals surface area contributed by atoms with Crippen LogP contribution >= 0.6 is 0 Å². The highest BCUT2D eigenvalue weighted by Crippen LogP contribution is 2.34. The van der Waals surface area contributed by atoms with Crippen molar-refractivity contribution in [3.05, 3.63) is 0 Å². The van der Waals surface area contributed by atoms with Gasteiger partial charge in [-0.1, -0.05) is 26.2 Å². The summed E-state index contributed by atoms with van der Waals surface area (Å²) in [6.45, 7) is 6.00. The molecule has 2 aliphatic rings. The van der Waals surface area contributed by atoms with Gasteiger partial charge in [0.15, 0.2) is 0 Å². The molecule has 0 spiro atoms. The average Bonchev–Trinajstić information content (AvgIpc) is 2.92. The van der Waals surface area contributed by atoms with Gasteiger partial charge in [0.05, 0.1) is 12.7 Å². The first-order valence-corrected chi connectivity index (χ1v) is 8.74. The number of carbonyl (C=O) groups excluding carboxylic acids is 1. The highest BCUT2D eigenvalue weighted by atomic mass is 16.5. The first-order chi connectivity index (χ1) is 10.2. The Morgan fingerprint density at radius 3 is 2.62 bits per heavy atom. The van der Waals surface area contributed by atoms with Crippen LogP contribution in [0.2, 0.25) is 0 Å². The monoisotopic (exact) mass is 297 g/mol. The SMILES string of the molecule is CCNC1(C(=O)OCC)CCC(OCC2CCCCC2)C1. The van der Waals surface area contributed by atoms with E-state index in [9.17, 15) is 4.79 Å². The largest absolute Gasteiger partial charge is 0.465 e. The van der Waals surface area contributed by atoms with E-state index in [0.29, 0.717) is 6.61 Å². The number of esters is 1. The Balaban J connectivity index is 1.82. The lowest BCUT2D eigenvalue weighted by Crippen LogP contribution is -2.51. The van der Waals surface area contributed by atoms with Gasteiger partial charge in [0.2, 0.25) is 0 Å². The van der Waals surface area contributed by atoms with Crippen molar-refractivity contribution < 1.29 is 14.3 Å². The fraction of sp³-hybridized carbons (Fsp3) is 0.941. The Hall–Kier alpha value is -0.610. The maximum Gasteiger partial charge on any atom is 0.326 e. The molecule has 0 aromatic carbocycles. The highest BCUT2D eigenvalue weighted by molar-refractivity contribution is 5.81. The summed E-state index contributed by atoms with van der Waals surface area (Å²) < 4.78 is 11.4. The van der Waals surface area contributed by atoms with E-state index in [0.717, 1.165) is 38.3 Å². The van der Waals surface area contributed by atoms with E-state index in [4.69, 9.17) is 9.47 Å². The smallest absolute Gasteiger partial charge is 0.326 e. The van der Waals surface area contributed by atoms with Crippen molar-refractivity contribution >= 4 is 5.97 Å². The Labute approximate surface area is 129 Å². The lowest BCUT2D eigenvalue weighted by molar-refractivity contribution is -0.151. The quantitative estimate of drug-likeness (QED) is 0.734. The Kier molecular flexibility index (Phi) is 6.49. The maximum atomic E-state index is 12.3. The van der Waals surface area contributed by atoms with E-state index in [1.165, 1.54) is 32.1 Å². The standard InChI is InChI=1S/C17H31NO3/c1-3-18-17(16(19)20-4-2)11-10-15(12-17)21-13-14-8-6-5-7-9-14/h14-15,18H,3-13H2,1-2H3. The van der Waals surface area contributed by atoms with E-state index in [-0.39, 0.29) is 12.1 Å². The second kappa shape index (κ2) is 8.14. The molecule has 0 bridgehead atoms. The molecule has 4 nitrogen and oxygen atoms in total. The third kappa shape index (κ3) is 4.43. The van der Waals surface area contributed by atoms with Gasteiger partial charge in [-0.05, 0) is 45.1 Å². The van der Waals surface area contributed by atoms with E-state index in [2.05, 4.69) is 5.32 Å². The lowest BCUT2D eigenvalue weighted by atomic mass is 9.90. The fourth-order valence-electron chi connectivity index (χ4n) is 3.79. The zero-order valence-electron chi connectivity index (χ0n) is 13.7. The lowest BCUT2D eigenvalue weighted by Gasteiger charge is -2.28. The minimum atomic E-state index is -0.512. The van der Waals surface area contributed by atoms with Crippen LogP contribution in [0.25, 0.3) is 0 Å². The molecule has 0 heterocycles. The van der Waals surface area contributed by atoms with Crippen molar-refractivity contribution in [2.45, 2.75) is 76.9 Å². The summed E-state index contributed by atoms with van der Waals surface area (Å²) in [6, 6.07) is 0. The predicted octanol–water partition coefficient (Wildman–Crippen LogP) is 3.05. The van der Waals surface area contributed by atoms with E-state index < -0.39 is 5.54 Å². The molecule has 2 rings (SSSR count). The molecule has 0 saturated heterocycles. The summed E-state index contributed by atoms with van der Waals surface area (Å²) in [5.41, 5.74) is -0.512. The van der Waals surface area contributed by atoms with Gasteiger partial charge in [-0.3, -0.25) is 4.79 Å². The second-order valence-electron chi connectivity index (χ2n) is 6.54. The zero-order valence-corrected chi connectivity index (χ0v) is 13.7. The summed E-state index contributed by atoms with van der Waals surface area (Å²) in [4.78, 5) is 12.3. The van der Waals surface area contributed by atoms with Gasteiger partial charge in [-0.15, -0.1) is 0 Å². The number of rotatable bonds is 7. The second-order valence-corrected chi connectivity index (χ2v) is 6.54. The van der Waals surface area contributed by atoms with Crippen molar-refractivity contribution in [1.82, 2.24) is 5.32 Å². The Morgan fingerprint density at radius 1 is 1.19 bits per heavy atom. The number of ether oxygens (including phenoxy) is 2. The molecule has 0 radical (unpaired) electrons. The molecular weight excluding hydrogens is 266 g/mol. The molecule has 1 N–H and O–H groups in total. The molecule has 4 heteroatoms. The topological polar surface area (TPSA) is 47.6 Å². The molecule has 122 valence electrons. The fourth-order valence-corrected chi connectivity index (χ4v) is 3.79. The molecule has 2 saturated carbocycles. The van der Waals surface area contributed by atoms with Gasteiger partial charge in [0, 0.05) is 13.0 Å². The van der Waals surface area contributed by atoms with Crippen LogP contribution < -0.4 is 5.32 Å². The van der Waals surface area contributed by atoms with Crippen LogP contribution in [0.15, 0.2) is 0 Å². The van der Waals surface area contributed by atoms with E-state index in [1.807, 2.05) is 13.8 Å². The number of nitrogens with one attached hydrogen (secondary N) is 1. The van der Waals surface area contributed by atoms with Gasteiger partial charge >= 0.3 is 5.97 Å². The van der Waals surface area contributed by atoms with Crippen LogP contribution in [0, 0.1) is 5.92 Å². The first kappa shape index (κ1) is 16.8. The predicted molar refractivity (Wildman–Crippen MR) is 83.2 cm³/mol. The average molecular weight is 297 g/mol. The summed E-state index contributed by atoms with van der Waals surface area (Å²) in [7, 11) is 0. The van der Waals surface area contributed by atoms with Gasteiger partial charge < -0.3 is 14.8 Å².